The van der Waals surface area contributed by atoms with E-state index in [1.54, 1.807) is 0 Å². The van der Waals surface area contributed by atoms with Crippen molar-refractivity contribution in [2.45, 2.75) is 33.1 Å². The van der Waals surface area contributed by atoms with E-state index in [0.717, 1.165) is 30.4 Å². The molecule has 2 nitrogen and oxygen atoms in total. The van der Waals surface area contributed by atoms with E-state index in [2.05, 4.69) is 48.8 Å². The third-order valence-corrected chi connectivity index (χ3v) is 3.31. The summed E-state index contributed by atoms with van der Waals surface area (Å²) in [6, 6.07) is 7.98. The Bertz CT molecular complexity index is 367. The molecule has 0 saturated heterocycles. The van der Waals surface area contributed by atoms with Gasteiger partial charge in [-0.1, -0.05) is 48.8 Å². The van der Waals surface area contributed by atoms with Crippen LogP contribution < -0.4 is 0 Å². The monoisotopic (exact) mass is 311 g/mol. The van der Waals surface area contributed by atoms with Crippen LogP contribution in [0, 0.1) is 0 Å². The molecule has 0 radical (unpaired) electrons. The van der Waals surface area contributed by atoms with Gasteiger partial charge >= 0.3 is 0 Å². The molecule has 0 heterocycles. The van der Waals surface area contributed by atoms with Crippen molar-refractivity contribution in [2.24, 2.45) is 0 Å². The van der Waals surface area contributed by atoms with Gasteiger partial charge < -0.3 is 4.90 Å². The van der Waals surface area contributed by atoms with Gasteiger partial charge in [-0.2, -0.15) is 0 Å². The molecule has 18 heavy (non-hydrogen) atoms. The molecule has 0 atom stereocenters. The third-order valence-electron chi connectivity index (χ3n) is 2.96. The molecular formula is C15H22BrNO. The van der Waals surface area contributed by atoms with Gasteiger partial charge in [-0.25, -0.2) is 0 Å². The molecule has 0 aliphatic rings. The summed E-state index contributed by atoms with van der Waals surface area (Å²) in [5, 5.41) is 0.822. The molecule has 0 fully saturated rings. The van der Waals surface area contributed by atoms with Gasteiger partial charge in [0, 0.05) is 24.0 Å². The van der Waals surface area contributed by atoms with Gasteiger partial charge in [0.1, 0.15) is 0 Å². The van der Waals surface area contributed by atoms with E-state index in [0.29, 0.717) is 5.92 Å². The van der Waals surface area contributed by atoms with Crippen molar-refractivity contribution in [1.82, 2.24) is 4.90 Å². The largest absolute Gasteiger partial charge is 0.338 e. The van der Waals surface area contributed by atoms with Gasteiger partial charge in [0.05, 0.1) is 0 Å². The Balaban J connectivity index is 2.81. The highest BCUT2D eigenvalue weighted by Crippen LogP contribution is 2.15. The molecule has 0 spiro atoms. The van der Waals surface area contributed by atoms with Crippen LogP contribution in [0.25, 0.3) is 0 Å². The number of carbonyl (C=O) groups excluding carboxylic acids is 1. The summed E-state index contributed by atoms with van der Waals surface area (Å²) >= 11 is 3.40. The Hall–Kier alpha value is -0.830. The van der Waals surface area contributed by atoms with Crippen molar-refractivity contribution in [1.29, 1.82) is 0 Å². The molecule has 0 bridgehead atoms. The first kappa shape index (κ1) is 15.2. The number of carbonyl (C=O) groups is 1. The Kier molecular flexibility index (Phi) is 6.41. The van der Waals surface area contributed by atoms with E-state index in [1.807, 2.05) is 17.0 Å². The molecule has 0 unspecified atom stereocenters. The topological polar surface area (TPSA) is 20.3 Å². The van der Waals surface area contributed by atoms with Crippen LogP contribution in [0.1, 0.15) is 49.0 Å². The first-order valence-corrected chi connectivity index (χ1v) is 7.67. The number of benzene rings is 1. The fraction of sp³-hybridized carbons (Fsp3) is 0.533. The minimum absolute atomic E-state index is 0.131. The van der Waals surface area contributed by atoms with Crippen LogP contribution in [-0.2, 0) is 0 Å². The highest BCUT2D eigenvalue weighted by molar-refractivity contribution is 9.09. The van der Waals surface area contributed by atoms with Crippen LogP contribution in [0.15, 0.2) is 24.3 Å². The summed E-state index contributed by atoms with van der Waals surface area (Å²) in [6.45, 7) is 7.99. The molecule has 0 saturated carbocycles. The molecule has 100 valence electrons. The average molecular weight is 312 g/mol. The lowest BCUT2D eigenvalue weighted by Gasteiger charge is -2.21. The molecule has 1 rings (SSSR count). The highest BCUT2D eigenvalue weighted by atomic mass is 79.9. The van der Waals surface area contributed by atoms with Gasteiger partial charge in [-0.3, -0.25) is 4.79 Å². The second-order valence-electron chi connectivity index (χ2n) is 4.76. The maximum Gasteiger partial charge on any atom is 0.253 e. The first-order chi connectivity index (χ1) is 8.60. The molecule has 0 N–H and O–H groups in total. The minimum atomic E-state index is 0.131. The quantitative estimate of drug-likeness (QED) is 0.726. The van der Waals surface area contributed by atoms with Crippen molar-refractivity contribution >= 4 is 21.8 Å². The molecular weight excluding hydrogens is 290 g/mol. The third kappa shape index (κ3) is 4.13. The van der Waals surface area contributed by atoms with Gasteiger partial charge in [0.25, 0.3) is 5.91 Å². The van der Waals surface area contributed by atoms with Crippen molar-refractivity contribution in [3.8, 4) is 0 Å². The fourth-order valence-corrected chi connectivity index (χ4v) is 2.31. The predicted octanol–water partition coefficient (Wildman–Crippen LogP) is 4.06. The Morgan fingerprint density at radius 3 is 2.28 bits per heavy atom. The van der Waals surface area contributed by atoms with Gasteiger partial charge in [-0.05, 0) is 30.0 Å². The molecule has 1 amide bonds. The second-order valence-corrected chi connectivity index (χ2v) is 5.55. The van der Waals surface area contributed by atoms with Crippen molar-refractivity contribution in [3.05, 3.63) is 35.4 Å². The van der Waals surface area contributed by atoms with E-state index < -0.39 is 0 Å². The molecule has 0 aromatic heterocycles. The van der Waals surface area contributed by atoms with Crippen LogP contribution in [0.2, 0.25) is 0 Å². The van der Waals surface area contributed by atoms with Crippen LogP contribution >= 0.6 is 15.9 Å². The van der Waals surface area contributed by atoms with Gasteiger partial charge in [0.15, 0.2) is 0 Å². The summed E-state index contributed by atoms with van der Waals surface area (Å²) in [5.74, 6) is 0.634. The summed E-state index contributed by atoms with van der Waals surface area (Å²) in [5.41, 5.74) is 2.06. The Morgan fingerprint density at radius 2 is 1.83 bits per heavy atom. The average Bonchev–Trinajstić information content (AvgIpc) is 2.38. The number of rotatable bonds is 6. The van der Waals surface area contributed by atoms with Crippen molar-refractivity contribution < 1.29 is 4.79 Å². The number of amides is 1. The highest BCUT2D eigenvalue weighted by Gasteiger charge is 2.14. The first-order valence-electron chi connectivity index (χ1n) is 6.55. The normalized spacial score (nSPS) is 10.7. The molecule has 1 aromatic rings. The summed E-state index contributed by atoms with van der Waals surface area (Å²) in [4.78, 5) is 14.2. The lowest BCUT2D eigenvalue weighted by molar-refractivity contribution is 0.0766. The van der Waals surface area contributed by atoms with Gasteiger partial charge in [-0.15, -0.1) is 0 Å². The molecule has 0 aliphatic carbocycles. The van der Waals surface area contributed by atoms with Crippen LogP contribution in [-0.4, -0.2) is 29.2 Å². The van der Waals surface area contributed by atoms with Crippen LogP contribution in [0.3, 0.4) is 0 Å². The van der Waals surface area contributed by atoms with Gasteiger partial charge in [0.2, 0.25) is 0 Å². The molecule has 3 heteroatoms. The van der Waals surface area contributed by atoms with Crippen molar-refractivity contribution in [3.63, 3.8) is 0 Å². The Morgan fingerprint density at radius 1 is 1.22 bits per heavy atom. The number of nitrogens with zero attached hydrogens (tertiary/aromatic N) is 1. The summed E-state index contributed by atoms with van der Waals surface area (Å²) < 4.78 is 0. The zero-order chi connectivity index (χ0) is 13.5. The van der Waals surface area contributed by atoms with Crippen molar-refractivity contribution in [2.75, 3.05) is 18.4 Å². The predicted molar refractivity (Wildman–Crippen MR) is 80.5 cm³/mol. The minimum Gasteiger partial charge on any atom is -0.338 e. The summed E-state index contributed by atoms with van der Waals surface area (Å²) in [6.07, 6.45) is 0.989. The summed E-state index contributed by atoms with van der Waals surface area (Å²) in [7, 11) is 0. The van der Waals surface area contributed by atoms with E-state index in [9.17, 15) is 4.79 Å². The van der Waals surface area contributed by atoms with Crippen LogP contribution in [0.4, 0.5) is 0 Å². The maximum atomic E-state index is 12.3. The standard InChI is InChI=1S/C15H22BrNO/c1-4-10-17(11-9-16)15(18)14-7-5-13(6-8-14)12(2)3/h5-8,12H,4,9-11H2,1-3H3. The number of halogens is 1. The van der Waals surface area contributed by atoms with Crippen LogP contribution in [0.5, 0.6) is 0 Å². The molecule has 0 aliphatic heterocycles. The van der Waals surface area contributed by atoms with E-state index in [-0.39, 0.29) is 5.91 Å². The fourth-order valence-electron chi connectivity index (χ4n) is 1.88. The molecule has 1 aromatic carbocycles. The smallest absolute Gasteiger partial charge is 0.253 e. The maximum absolute atomic E-state index is 12.3. The lowest BCUT2D eigenvalue weighted by atomic mass is 10.0. The zero-order valence-corrected chi connectivity index (χ0v) is 13.0. The number of hydrogen-bond acceptors (Lipinski definition) is 1. The van der Waals surface area contributed by atoms with E-state index in [1.165, 1.54) is 5.56 Å². The second kappa shape index (κ2) is 7.57. The SMILES string of the molecule is CCCN(CCBr)C(=O)c1ccc(C(C)C)cc1. The zero-order valence-electron chi connectivity index (χ0n) is 11.4. The van der Waals surface area contributed by atoms with E-state index in [4.69, 9.17) is 0 Å². The number of alkyl halides is 1. The number of hydrogen-bond donors (Lipinski definition) is 0. The Labute approximate surface area is 119 Å². The lowest BCUT2D eigenvalue weighted by Crippen LogP contribution is -2.33. The van der Waals surface area contributed by atoms with E-state index >= 15 is 0 Å².